The number of fused-ring (bicyclic) bond motifs is 3. The highest BCUT2D eigenvalue weighted by Crippen LogP contribution is 2.34. The molecule has 9 heteroatoms. The highest BCUT2D eigenvalue weighted by Gasteiger charge is 2.22. The Labute approximate surface area is 194 Å². The maximum atomic E-state index is 13.3. The van der Waals surface area contributed by atoms with Crippen molar-refractivity contribution >= 4 is 50.8 Å². The largest absolute Gasteiger partial charge is 0.383 e. The van der Waals surface area contributed by atoms with Crippen molar-refractivity contribution in [3.8, 4) is 0 Å². The second kappa shape index (κ2) is 10.2. The summed E-state index contributed by atoms with van der Waals surface area (Å²) in [5.74, 6) is 0.0550. The van der Waals surface area contributed by atoms with E-state index in [4.69, 9.17) is 21.3 Å². The monoisotopic (exact) mass is 477 g/mol. The van der Waals surface area contributed by atoms with Crippen LogP contribution < -0.4 is 10.9 Å². The molecule has 0 radical (unpaired) electrons. The van der Waals surface area contributed by atoms with E-state index in [1.54, 1.807) is 29.1 Å². The molecule has 1 aromatic carbocycles. The summed E-state index contributed by atoms with van der Waals surface area (Å²) in [4.78, 5) is 32.6. The predicted octanol–water partition coefficient (Wildman–Crippen LogP) is 4.05. The number of aromatic nitrogens is 2. The Hall–Kier alpha value is -1.87. The lowest BCUT2D eigenvalue weighted by Gasteiger charge is -2.13. The summed E-state index contributed by atoms with van der Waals surface area (Å²) in [6, 6.07) is 7.39. The first kappa shape index (κ1) is 22.3. The Balaban J connectivity index is 1.53. The van der Waals surface area contributed by atoms with E-state index in [0.29, 0.717) is 29.9 Å². The first-order valence-electron chi connectivity index (χ1n) is 10.2. The SMILES string of the molecule is COCCn1c(SCC(=O)NCc2cccc(Cl)c2)nc2sc3c(c2c1=O)CCCC3. The average molecular weight is 478 g/mol. The third kappa shape index (κ3) is 5.14. The number of benzene rings is 1. The van der Waals surface area contributed by atoms with Crippen LogP contribution in [0, 0.1) is 0 Å². The highest BCUT2D eigenvalue weighted by atomic mass is 35.5. The molecule has 3 aromatic rings. The number of carbonyl (C=O) groups excluding carboxylic acids is 1. The molecule has 0 saturated carbocycles. The normalized spacial score (nSPS) is 13.4. The number of amides is 1. The van der Waals surface area contributed by atoms with E-state index in [9.17, 15) is 9.59 Å². The molecule has 6 nitrogen and oxygen atoms in total. The molecule has 4 rings (SSSR count). The van der Waals surface area contributed by atoms with Crippen molar-refractivity contribution in [2.24, 2.45) is 0 Å². The number of thiophene rings is 1. The van der Waals surface area contributed by atoms with E-state index in [1.165, 1.54) is 22.2 Å². The molecule has 0 aliphatic heterocycles. The van der Waals surface area contributed by atoms with Crippen molar-refractivity contribution in [1.82, 2.24) is 14.9 Å². The molecular formula is C22H24ClN3O3S2. The van der Waals surface area contributed by atoms with Crippen LogP contribution >= 0.6 is 34.7 Å². The van der Waals surface area contributed by atoms with Crippen molar-refractivity contribution in [1.29, 1.82) is 0 Å². The number of ether oxygens (including phenoxy) is 1. The average Bonchev–Trinajstić information content (AvgIpc) is 3.14. The molecule has 0 bridgehead atoms. The van der Waals surface area contributed by atoms with Crippen LogP contribution in [0.15, 0.2) is 34.2 Å². The third-order valence-electron chi connectivity index (χ3n) is 5.27. The minimum Gasteiger partial charge on any atom is -0.383 e. The van der Waals surface area contributed by atoms with E-state index in [0.717, 1.165) is 41.5 Å². The Kier molecular flexibility index (Phi) is 7.32. The van der Waals surface area contributed by atoms with Crippen LogP contribution in [0.5, 0.6) is 0 Å². The first-order valence-corrected chi connectivity index (χ1v) is 12.4. The number of thioether (sulfide) groups is 1. The minimum atomic E-state index is -0.122. The quantitative estimate of drug-likeness (QED) is 0.391. The number of nitrogens with zero attached hydrogens (tertiary/aromatic N) is 2. The molecule has 1 N–H and O–H groups in total. The molecule has 1 aliphatic carbocycles. The van der Waals surface area contributed by atoms with Crippen molar-refractivity contribution in [3.63, 3.8) is 0 Å². The van der Waals surface area contributed by atoms with Gasteiger partial charge in [-0.05, 0) is 48.9 Å². The van der Waals surface area contributed by atoms with Crippen molar-refractivity contribution in [2.45, 2.75) is 43.9 Å². The Morgan fingerprint density at radius 2 is 2.19 bits per heavy atom. The van der Waals surface area contributed by atoms with Gasteiger partial charge < -0.3 is 10.1 Å². The maximum Gasteiger partial charge on any atom is 0.263 e. The minimum absolute atomic E-state index is 0.0247. The smallest absolute Gasteiger partial charge is 0.263 e. The van der Waals surface area contributed by atoms with Crippen LogP contribution in [0.25, 0.3) is 10.2 Å². The van der Waals surface area contributed by atoms with E-state index in [-0.39, 0.29) is 17.2 Å². The van der Waals surface area contributed by atoms with Gasteiger partial charge in [0.2, 0.25) is 5.91 Å². The molecule has 0 spiro atoms. The molecule has 0 saturated heterocycles. The number of rotatable bonds is 8. The molecule has 0 atom stereocenters. The fourth-order valence-corrected chi connectivity index (χ4v) is 6.11. The van der Waals surface area contributed by atoms with Gasteiger partial charge in [-0.15, -0.1) is 11.3 Å². The van der Waals surface area contributed by atoms with E-state index in [2.05, 4.69) is 5.32 Å². The molecule has 0 unspecified atom stereocenters. The summed E-state index contributed by atoms with van der Waals surface area (Å²) in [6.07, 6.45) is 4.23. The van der Waals surface area contributed by atoms with Gasteiger partial charge in [-0.1, -0.05) is 35.5 Å². The van der Waals surface area contributed by atoms with Crippen molar-refractivity contribution in [2.75, 3.05) is 19.5 Å². The molecule has 164 valence electrons. The molecule has 31 heavy (non-hydrogen) atoms. The Morgan fingerprint density at radius 3 is 3.00 bits per heavy atom. The summed E-state index contributed by atoms with van der Waals surface area (Å²) in [6.45, 7) is 1.23. The van der Waals surface area contributed by atoms with E-state index in [1.807, 2.05) is 18.2 Å². The van der Waals surface area contributed by atoms with Gasteiger partial charge in [-0.25, -0.2) is 4.98 Å². The molecule has 2 heterocycles. The Morgan fingerprint density at radius 1 is 1.35 bits per heavy atom. The zero-order valence-corrected chi connectivity index (χ0v) is 19.7. The summed E-state index contributed by atoms with van der Waals surface area (Å²) >= 11 is 8.90. The van der Waals surface area contributed by atoms with Crippen molar-refractivity contribution < 1.29 is 9.53 Å². The number of hydrogen-bond acceptors (Lipinski definition) is 6. The molecule has 0 fully saturated rings. The van der Waals surface area contributed by atoms with Crippen LogP contribution in [0.3, 0.4) is 0 Å². The van der Waals surface area contributed by atoms with Gasteiger partial charge in [0.05, 0.1) is 24.3 Å². The number of hydrogen-bond donors (Lipinski definition) is 1. The van der Waals surface area contributed by atoms with Gasteiger partial charge in [0, 0.05) is 23.6 Å². The highest BCUT2D eigenvalue weighted by molar-refractivity contribution is 7.99. The summed E-state index contributed by atoms with van der Waals surface area (Å²) in [7, 11) is 1.61. The zero-order valence-electron chi connectivity index (χ0n) is 17.3. The van der Waals surface area contributed by atoms with Crippen LogP contribution in [0.4, 0.5) is 0 Å². The van der Waals surface area contributed by atoms with Crippen LogP contribution in [0.2, 0.25) is 5.02 Å². The Bertz CT molecular complexity index is 1160. The fraction of sp³-hybridized carbons (Fsp3) is 0.409. The standard InChI is InChI=1S/C22H24ClN3O3S2/c1-29-10-9-26-21(28)19-16-7-2-3-8-17(16)31-20(19)25-22(26)30-13-18(27)24-12-14-5-4-6-15(23)11-14/h4-6,11H,2-3,7-10,12-13H2,1H3,(H,24,27). The summed E-state index contributed by atoms with van der Waals surface area (Å²) in [5.41, 5.74) is 2.08. The van der Waals surface area contributed by atoms with Gasteiger partial charge in [0.15, 0.2) is 5.16 Å². The zero-order chi connectivity index (χ0) is 21.8. The maximum absolute atomic E-state index is 13.3. The second-order valence-electron chi connectivity index (χ2n) is 7.43. The van der Waals surface area contributed by atoms with Gasteiger partial charge in [-0.2, -0.15) is 0 Å². The van der Waals surface area contributed by atoms with Crippen LogP contribution in [0.1, 0.15) is 28.8 Å². The number of halogens is 1. The van der Waals surface area contributed by atoms with E-state index < -0.39 is 0 Å². The summed E-state index contributed by atoms with van der Waals surface area (Å²) in [5, 5.41) is 4.85. The predicted molar refractivity (Wildman–Crippen MR) is 126 cm³/mol. The third-order valence-corrected chi connectivity index (χ3v) is 7.67. The lowest BCUT2D eigenvalue weighted by molar-refractivity contribution is -0.118. The molecule has 1 aliphatic rings. The number of methoxy groups -OCH3 is 1. The van der Waals surface area contributed by atoms with Gasteiger partial charge in [0.1, 0.15) is 4.83 Å². The van der Waals surface area contributed by atoms with Crippen LogP contribution in [-0.4, -0.2) is 34.9 Å². The lowest BCUT2D eigenvalue weighted by atomic mass is 9.97. The summed E-state index contributed by atoms with van der Waals surface area (Å²) < 4.78 is 6.86. The van der Waals surface area contributed by atoms with Crippen LogP contribution in [-0.2, 0) is 35.5 Å². The van der Waals surface area contributed by atoms with Gasteiger partial charge in [0.25, 0.3) is 5.56 Å². The molecule has 1 amide bonds. The second-order valence-corrected chi connectivity index (χ2v) is 9.89. The first-order chi connectivity index (χ1) is 15.1. The van der Waals surface area contributed by atoms with Gasteiger partial charge >= 0.3 is 0 Å². The molecule has 2 aromatic heterocycles. The lowest BCUT2D eigenvalue weighted by Crippen LogP contribution is -2.27. The van der Waals surface area contributed by atoms with E-state index >= 15 is 0 Å². The van der Waals surface area contributed by atoms with Crippen molar-refractivity contribution in [3.05, 3.63) is 55.6 Å². The number of nitrogens with one attached hydrogen (secondary N) is 1. The molecular weight excluding hydrogens is 454 g/mol. The fourth-order valence-electron chi connectivity index (χ4n) is 3.74. The number of aryl methyl sites for hydroxylation is 2. The number of carbonyl (C=O) groups is 1. The van der Waals surface area contributed by atoms with Gasteiger partial charge in [-0.3, -0.25) is 14.2 Å². The topological polar surface area (TPSA) is 73.2 Å².